The number of hydrogen-bond donors (Lipinski definition) is 2. The van der Waals surface area contributed by atoms with Crippen LogP contribution in [-0.2, 0) is 6.61 Å². The Labute approximate surface area is 119 Å². The van der Waals surface area contributed by atoms with Gasteiger partial charge >= 0.3 is 0 Å². The summed E-state index contributed by atoms with van der Waals surface area (Å²) in [5, 5.41) is 19.9. The first kappa shape index (κ1) is 14.5. The monoisotopic (exact) mass is 288 g/mol. The molecule has 0 unspecified atom stereocenters. The molecule has 0 radical (unpaired) electrons. The zero-order valence-electron chi connectivity index (χ0n) is 10.9. The van der Waals surface area contributed by atoms with E-state index in [9.17, 15) is 20.0 Å². The molecule has 0 fully saturated rings. The summed E-state index contributed by atoms with van der Waals surface area (Å²) in [4.78, 5) is 21.1. The normalized spacial score (nSPS) is 10.1. The maximum absolute atomic E-state index is 11.0. The number of nitro groups is 1. The van der Waals surface area contributed by atoms with Crippen molar-refractivity contribution in [2.45, 2.75) is 6.61 Å². The lowest BCUT2D eigenvalue weighted by molar-refractivity contribution is -0.385. The van der Waals surface area contributed by atoms with Crippen LogP contribution in [0, 0.1) is 10.1 Å². The molecule has 0 bridgehead atoms. The zero-order chi connectivity index (χ0) is 15.4. The molecule has 0 saturated heterocycles. The minimum atomic E-state index is -0.551. The summed E-state index contributed by atoms with van der Waals surface area (Å²) in [7, 11) is 0. The maximum Gasteiger partial charge on any atom is 0.270 e. The number of benzene rings is 2. The second kappa shape index (κ2) is 6.02. The van der Waals surface area contributed by atoms with Gasteiger partial charge in [-0.15, -0.1) is 0 Å². The van der Waals surface area contributed by atoms with E-state index in [1.165, 1.54) is 30.3 Å². The second-order valence-electron chi connectivity index (χ2n) is 4.20. The van der Waals surface area contributed by atoms with Crippen molar-refractivity contribution in [3.8, 4) is 11.5 Å². The molecule has 108 valence electrons. The number of non-ortho nitro benzene ring substituents is 1. The third kappa shape index (κ3) is 3.34. The quantitative estimate of drug-likeness (QED) is 0.644. The van der Waals surface area contributed by atoms with Gasteiger partial charge in [0.05, 0.1) is 11.5 Å². The number of ether oxygens (including phenoxy) is 1. The van der Waals surface area contributed by atoms with Gasteiger partial charge in [0.25, 0.3) is 5.69 Å². The van der Waals surface area contributed by atoms with Gasteiger partial charge in [0.2, 0.25) is 5.91 Å². The molecular formula is C14H12N2O5. The van der Waals surface area contributed by atoms with Gasteiger partial charge in [-0.3, -0.25) is 14.9 Å². The van der Waals surface area contributed by atoms with Crippen LogP contribution < -0.4 is 10.5 Å². The number of nitrogens with zero attached hydrogens (tertiary/aromatic N) is 1. The standard InChI is InChI=1S/C14H12N2O5/c15-14(18)9-1-4-12(5-2-9)21-13-6-3-11(16(19)20)7-10(13)8-17/h1-7,17H,8H2,(H2,15,18). The van der Waals surface area contributed by atoms with E-state index in [0.29, 0.717) is 22.6 Å². The fraction of sp³-hybridized carbons (Fsp3) is 0.0714. The summed E-state index contributed by atoms with van der Waals surface area (Å²) in [6.07, 6.45) is 0. The van der Waals surface area contributed by atoms with E-state index in [-0.39, 0.29) is 5.69 Å². The third-order valence-corrected chi connectivity index (χ3v) is 2.79. The Bertz CT molecular complexity index is 682. The van der Waals surface area contributed by atoms with Crippen LogP contribution in [0.4, 0.5) is 5.69 Å². The molecule has 0 aliphatic heterocycles. The average molecular weight is 288 g/mol. The molecule has 0 saturated carbocycles. The van der Waals surface area contributed by atoms with Crippen LogP contribution in [-0.4, -0.2) is 15.9 Å². The van der Waals surface area contributed by atoms with E-state index < -0.39 is 17.4 Å². The number of aliphatic hydroxyl groups is 1. The number of amides is 1. The van der Waals surface area contributed by atoms with Crippen LogP contribution in [0.15, 0.2) is 42.5 Å². The molecular weight excluding hydrogens is 276 g/mol. The Morgan fingerprint density at radius 1 is 1.24 bits per heavy atom. The van der Waals surface area contributed by atoms with Gasteiger partial charge in [0.1, 0.15) is 11.5 Å². The molecule has 2 rings (SSSR count). The third-order valence-electron chi connectivity index (χ3n) is 2.79. The summed E-state index contributed by atoms with van der Waals surface area (Å²) in [5.74, 6) is 0.173. The summed E-state index contributed by atoms with van der Waals surface area (Å²) in [6, 6.07) is 10.0. The first-order valence-electron chi connectivity index (χ1n) is 5.97. The number of aliphatic hydroxyl groups excluding tert-OH is 1. The molecule has 0 aliphatic rings. The van der Waals surface area contributed by atoms with Crippen LogP contribution >= 0.6 is 0 Å². The van der Waals surface area contributed by atoms with Gasteiger partial charge in [-0.05, 0) is 30.3 Å². The maximum atomic E-state index is 11.0. The zero-order valence-corrected chi connectivity index (χ0v) is 10.9. The summed E-state index contributed by atoms with van der Waals surface area (Å²) in [5.41, 5.74) is 5.64. The van der Waals surface area contributed by atoms with E-state index in [0.717, 1.165) is 0 Å². The van der Waals surface area contributed by atoms with Crippen molar-refractivity contribution in [1.82, 2.24) is 0 Å². The van der Waals surface area contributed by atoms with E-state index in [1.807, 2.05) is 0 Å². The highest BCUT2D eigenvalue weighted by atomic mass is 16.6. The van der Waals surface area contributed by atoms with Crippen LogP contribution in [0.5, 0.6) is 11.5 Å². The van der Waals surface area contributed by atoms with Crippen LogP contribution in [0.25, 0.3) is 0 Å². The summed E-state index contributed by atoms with van der Waals surface area (Å²) < 4.78 is 5.54. The minimum Gasteiger partial charge on any atom is -0.457 e. The lowest BCUT2D eigenvalue weighted by Crippen LogP contribution is -2.10. The number of primary amides is 1. The van der Waals surface area contributed by atoms with E-state index in [4.69, 9.17) is 10.5 Å². The van der Waals surface area contributed by atoms with Crippen LogP contribution in [0.3, 0.4) is 0 Å². The first-order chi connectivity index (χ1) is 10.0. The van der Waals surface area contributed by atoms with Gasteiger partial charge in [0, 0.05) is 23.3 Å². The Balaban J connectivity index is 2.26. The Morgan fingerprint density at radius 2 is 1.90 bits per heavy atom. The smallest absolute Gasteiger partial charge is 0.270 e. The van der Waals surface area contributed by atoms with Crippen molar-refractivity contribution < 1.29 is 19.6 Å². The molecule has 2 aromatic rings. The highest BCUT2D eigenvalue weighted by Crippen LogP contribution is 2.28. The average Bonchev–Trinajstić information content (AvgIpc) is 2.48. The van der Waals surface area contributed by atoms with Gasteiger partial charge in [-0.25, -0.2) is 0 Å². The molecule has 1 amide bonds. The highest BCUT2D eigenvalue weighted by Gasteiger charge is 2.12. The van der Waals surface area contributed by atoms with Crippen LogP contribution in [0.1, 0.15) is 15.9 Å². The van der Waals surface area contributed by atoms with Gasteiger partial charge in [-0.1, -0.05) is 0 Å². The van der Waals surface area contributed by atoms with Crippen molar-refractivity contribution in [3.63, 3.8) is 0 Å². The predicted molar refractivity (Wildman–Crippen MR) is 74.1 cm³/mol. The largest absolute Gasteiger partial charge is 0.457 e. The number of carbonyl (C=O) groups is 1. The first-order valence-corrected chi connectivity index (χ1v) is 5.97. The highest BCUT2D eigenvalue weighted by molar-refractivity contribution is 5.92. The topological polar surface area (TPSA) is 116 Å². The lowest BCUT2D eigenvalue weighted by atomic mass is 10.2. The van der Waals surface area contributed by atoms with E-state index >= 15 is 0 Å². The molecule has 0 aliphatic carbocycles. The number of nitro benzene ring substituents is 1. The van der Waals surface area contributed by atoms with Crippen molar-refractivity contribution in [3.05, 3.63) is 63.7 Å². The molecule has 2 aromatic carbocycles. The van der Waals surface area contributed by atoms with Gasteiger partial charge in [-0.2, -0.15) is 0 Å². The lowest BCUT2D eigenvalue weighted by Gasteiger charge is -2.09. The Kier molecular flexibility index (Phi) is 4.15. The minimum absolute atomic E-state index is 0.129. The Hall–Kier alpha value is -2.93. The summed E-state index contributed by atoms with van der Waals surface area (Å²) in [6.45, 7) is -0.392. The van der Waals surface area contributed by atoms with Crippen molar-refractivity contribution in [1.29, 1.82) is 0 Å². The Morgan fingerprint density at radius 3 is 2.43 bits per heavy atom. The predicted octanol–water partition coefficient (Wildman–Crippen LogP) is 1.98. The number of rotatable bonds is 5. The van der Waals surface area contributed by atoms with Gasteiger partial charge in [0.15, 0.2) is 0 Å². The van der Waals surface area contributed by atoms with Gasteiger partial charge < -0.3 is 15.6 Å². The molecule has 0 heterocycles. The fourth-order valence-corrected chi connectivity index (χ4v) is 1.72. The second-order valence-corrected chi connectivity index (χ2v) is 4.20. The number of hydrogen-bond acceptors (Lipinski definition) is 5. The molecule has 7 nitrogen and oxygen atoms in total. The number of nitrogens with two attached hydrogens (primary N) is 1. The van der Waals surface area contributed by atoms with Crippen molar-refractivity contribution in [2.75, 3.05) is 0 Å². The number of carbonyl (C=O) groups excluding carboxylic acids is 1. The molecule has 0 atom stereocenters. The van der Waals surface area contributed by atoms with Crippen molar-refractivity contribution in [2.24, 2.45) is 5.73 Å². The molecule has 0 spiro atoms. The molecule has 0 aromatic heterocycles. The fourth-order valence-electron chi connectivity index (χ4n) is 1.72. The van der Waals surface area contributed by atoms with E-state index in [1.54, 1.807) is 12.1 Å². The van der Waals surface area contributed by atoms with Crippen molar-refractivity contribution >= 4 is 11.6 Å². The SMILES string of the molecule is NC(=O)c1ccc(Oc2ccc([N+](=O)[O-])cc2CO)cc1. The van der Waals surface area contributed by atoms with E-state index in [2.05, 4.69) is 0 Å². The molecule has 21 heavy (non-hydrogen) atoms. The summed E-state index contributed by atoms with van der Waals surface area (Å²) >= 11 is 0. The molecule has 7 heteroatoms. The molecule has 3 N–H and O–H groups in total. The van der Waals surface area contributed by atoms with Crippen LogP contribution in [0.2, 0.25) is 0 Å².